The number of allylic oxidation sites excluding steroid dienone is 1. The molecule has 1 aliphatic carbocycles. The first-order chi connectivity index (χ1) is 9.72. The molecule has 21 heavy (non-hydrogen) atoms. The molecule has 2 rings (SSSR count). The fraction of sp³-hybridized carbons (Fsp3) is 0.579. The number of rotatable bonds is 4. The van der Waals surface area contributed by atoms with Crippen molar-refractivity contribution in [1.82, 2.24) is 0 Å². The molecular weight excluding hydrogens is 272 g/mol. The van der Waals surface area contributed by atoms with E-state index >= 15 is 0 Å². The SMILES string of the molecule is CC(CO[Si](C)(C)C(C)(C)C)C1=CCCc2ccccc21. The highest BCUT2D eigenvalue weighted by Crippen LogP contribution is 2.38. The molecule has 0 aliphatic heterocycles. The van der Waals surface area contributed by atoms with Gasteiger partial charge in [-0.1, -0.05) is 58.0 Å². The Hall–Kier alpha value is -0.863. The molecule has 1 unspecified atom stereocenters. The Labute approximate surface area is 131 Å². The molecule has 116 valence electrons. The Morgan fingerprint density at radius 3 is 2.52 bits per heavy atom. The first-order valence-corrected chi connectivity index (χ1v) is 11.1. The lowest BCUT2D eigenvalue weighted by Gasteiger charge is -2.37. The van der Waals surface area contributed by atoms with Crippen molar-refractivity contribution in [2.45, 2.75) is 58.7 Å². The van der Waals surface area contributed by atoms with Crippen LogP contribution < -0.4 is 0 Å². The van der Waals surface area contributed by atoms with E-state index in [2.05, 4.69) is 71.1 Å². The summed E-state index contributed by atoms with van der Waals surface area (Å²) in [5.41, 5.74) is 4.42. The minimum Gasteiger partial charge on any atom is -0.416 e. The van der Waals surface area contributed by atoms with Gasteiger partial charge < -0.3 is 4.43 Å². The van der Waals surface area contributed by atoms with Crippen molar-refractivity contribution >= 4 is 13.9 Å². The number of hydrogen-bond donors (Lipinski definition) is 0. The lowest BCUT2D eigenvalue weighted by molar-refractivity contribution is 0.262. The van der Waals surface area contributed by atoms with E-state index < -0.39 is 8.32 Å². The summed E-state index contributed by atoms with van der Waals surface area (Å²) in [4.78, 5) is 0. The maximum Gasteiger partial charge on any atom is 0.192 e. The predicted molar refractivity (Wildman–Crippen MR) is 95.1 cm³/mol. The van der Waals surface area contributed by atoms with Crippen LogP contribution in [-0.4, -0.2) is 14.9 Å². The molecule has 1 atom stereocenters. The Morgan fingerprint density at radius 2 is 1.86 bits per heavy atom. The van der Waals surface area contributed by atoms with Gasteiger partial charge in [-0.25, -0.2) is 0 Å². The van der Waals surface area contributed by atoms with Crippen molar-refractivity contribution in [3.63, 3.8) is 0 Å². The van der Waals surface area contributed by atoms with E-state index in [1.165, 1.54) is 23.1 Å². The van der Waals surface area contributed by atoms with Crippen LogP contribution in [0.1, 0.15) is 45.2 Å². The predicted octanol–water partition coefficient (Wildman–Crippen LogP) is 5.67. The number of aryl methyl sites for hydroxylation is 1. The van der Waals surface area contributed by atoms with Gasteiger partial charge in [-0.05, 0) is 47.7 Å². The third-order valence-corrected chi connectivity index (χ3v) is 9.64. The summed E-state index contributed by atoms with van der Waals surface area (Å²) in [7, 11) is -1.65. The van der Waals surface area contributed by atoms with Crippen molar-refractivity contribution in [2.24, 2.45) is 5.92 Å². The molecule has 1 nitrogen and oxygen atoms in total. The van der Waals surface area contributed by atoms with Crippen LogP contribution in [0.5, 0.6) is 0 Å². The van der Waals surface area contributed by atoms with Gasteiger partial charge in [0.05, 0.1) is 0 Å². The van der Waals surface area contributed by atoms with Gasteiger partial charge in [-0.15, -0.1) is 0 Å². The highest BCUT2D eigenvalue weighted by Gasteiger charge is 2.37. The van der Waals surface area contributed by atoms with E-state index in [4.69, 9.17) is 4.43 Å². The van der Waals surface area contributed by atoms with Crippen LogP contribution in [0.3, 0.4) is 0 Å². The maximum atomic E-state index is 6.42. The van der Waals surface area contributed by atoms with Gasteiger partial charge in [0.25, 0.3) is 0 Å². The zero-order valence-corrected chi connectivity index (χ0v) is 15.5. The average Bonchev–Trinajstić information content (AvgIpc) is 2.43. The molecular formula is C19H30OSi. The molecule has 0 spiro atoms. The minimum absolute atomic E-state index is 0.283. The third-order valence-electron chi connectivity index (χ3n) is 5.14. The standard InChI is InChI=1S/C19H30OSi/c1-15(14-20-21(5,6)19(2,3)4)17-13-9-11-16-10-7-8-12-18(16)17/h7-8,10,12-13,15H,9,11,14H2,1-6H3. The molecule has 0 N–H and O–H groups in total. The largest absolute Gasteiger partial charge is 0.416 e. The summed E-state index contributed by atoms with van der Waals surface area (Å²) >= 11 is 0. The first kappa shape index (κ1) is 16.5. The van der Waals surface area contributed by atoms with Gasteiger partial charge >= 0.3 is 0 Å². The minimum atomic E-state index is -1.65. The molecule has 0 aromatic heterocycles. The summed E-state index contributed by atoms with van der Waals surface area (Å²) < 4.78 is 6.42. The second kappa shape index (κ2) is 6.10. The zero-order chi connectivity index (χ0) is 15.7. The molecule has 0 heterocycles. The van der Waals surface area contributed by atoms with Crippen molar-refractivity contribution in [3.05, 3.63) is 41.5 Å². The van der Waals surface area contributed by atoms with E-state index in [1.54, 1.807) is 0 Å². The van der Waals surface area contributed by atoms with Crippen molar-refractivity contribution in [2.75, 3.05) is 6.61 Å². The Morgan fingerprint density at radius 1 is 1.19 bits per heavy atom. The van der Waals surface area contributed by atoms with Crippen molar-refractivity contribution in [3.8, 4) is 0 Å². The highest BCUT2D eigenvalue weighted by molar-refractivity contribution is 6.74. The summed E-state index contributed by atoms with van der Waals surface area (Å²) in [6.07, 6.45) is 4.76. The lowest BCUT2D eigenvalue weighted by atomic mass is 9.85. The molecule has 1 aromatic rings. The van der Waals surface area contributed by atoms with E-state index in [1.807, 2.05) is 0 Å². The van der Waals surface area contributed by atoms with Crippen LogP contribution in [0.4, 0.5) is 0 Å². The number of fused-ring (bicyclic) bond motifs is 1. The van der Waals surface area contributed by atoms with Gasteiger partial charge in [0.1, 0.15) is 0 Å². The summed E-state index contributed by atoms with van der Waals surface area (Å²) in [5.74, 6) is 0.473. The van der Waals surface area contributed by atoms with Crippen LogP contribution >= 0.6 is 0 Å². The van der Waals surface area contributed by atoms with Crippen LogP contribution in [-0.2, 0) is 10.8 Å². The van der Waals surface area contributed by atoms with E-state index in [-0.39, 0.29) is 5.04 Å². The molecule has 2 heteroatoms. The van der Waals surface area contributed by atoms with Crippen molar-refractivity contribution < 1.29 is 4.43 Å². The van der Waals surface area contributed by atoms with Crippen LogP contribution in [0.2, 0.25) is 18.1 Å². The van der Waals surface area contributed by atoms with Crippen LogP contribution in [0.25, 0.3) is 5.57 Å². The van der Waals surface area contributed by atoms with Gasteiger partial charge in [-0.2, -0.15) is 0 Å². The molecule has 0 bridgehead atoms. The van der Waals surface area contributed by atoms with Crippen molar-refractivity contribution in [1.29, 1.82) is 0 Å². The summed E-state index contributed by atoms with van der Waals surface area (Å²) in [6.45, 7) is 14.7. The van der Waals surface area contributed by atoms with Gasteiger partial charge in [0.15, 0.2) is 8.32 Å². The van der Waals surface area contributed by atoms with E-state index in [9.17, 15) is 0 Å². The molecule has 0 saturated carbocycles. The van der Waals surface area contributed by atoms with Gasteiger partial charge in [-0.3, -0.25) is 0 Å². The number of benzene rings is 1. The fourth-order valence-corrected chi connectivity index (χ4v) is 3.72. The molecule has 0 amide bonds. The average molecular weight is 303 g/mol. The van der Waals surface area contributed by atoms with E-state index in [0.717, 1.165) is 13.0 Å². The maximum absolute atomic E-state index is 6.42. The Kier molecular flexibility index (Phi) is 4.79. The molecule has 1 aromatic carbocycles. The van der Waals surface area contributed by atoms with Gasteiger partial charge in [0, 0.05) is 12.5 Å². The molecule has 1 aliphatic rings. The second-order valence-corrected chi connectivity index (χ2v) is 12.6. The topological polar surface area (TPSA) is 9.23 Å². The summed E-state index contributed by atoms with van der Waals surface area (Å²) in [5, 5.41) is 0.283. The Balaban J connectivity index is 2.08. The fourth-order valence-electron chi connectivity index (χ4n) is 2.62. The molecule has 0 fully saturated rings. The second-order valence-electron chi connectivity index (χ2n) is 7.83. The third kappa shape index (κ3) is 3.67. The molecule has 0 radical (unpaired) electrons. The quantitative estimate of drug-likeness (QED) is 0.651. The van der Waals surface area contributed by atoms with Gasteiger partial charge in [0.2, 0.25) is 0 Å². The lowest BCUT2D eigenvalue weighted by Crippen LogP contribution is -2.41. The Bertz CT molecular complexity index is 523. The zero-order valence-electron chi connectivity index (χ0n) is 14.5. The van der Waals surface area contributed by atoms with Crippen LogP contribution in [0.15, 0.2) is 30.3 Å². The number of hydrogen-bond acceptors (Lipinski definition) is 1. The molecule has 0 saturated heterocycles. The van der Waals surface area contributed by atoms with Crippen LogP contribution in [0, 0.1) is 5.92 Å². The normalized spacial score (nSPS) is 17.1. The smallest absolute Gasteiger partial charge is 0.192 e. The van der Waals surface area contributed by atoms with E-state index in [0.29, 0.717) is 5.92 Å². The monoisotopic (exact) mass is 302 g/mol. The summed E-state index contributed by atoms with van der Waals surface area (Å²) in [6, 6.07) is 8.84. The highest BCUT2D eigenvalue weighted by atomic mass is 28.4. The first-order valence-electron chi connectivity index (χ1n) is 8.14.